The Kier molecular flexibility index (Phi) is 5.38. The number of aromatic nitrogens is 4. The molecule has 0 fully saturated rings. The highest BCUT2D eigenvalue weighted by Crippen LogP contribution is 2.26. The number of thioether (sulfide) groups is 1. The second-order valence-corrected chi connectivity index (χ2v) is 7.93. The fourth-order valence-corrected chi connectivity index (χ4v) is 4.10. The fourth-order valence-electron chi connectivity index (χ4n) is 1.76. The molecule has 3 heterocycles. The van der Waals surface area contributed by atoms with Gasteiger partial charge in [-0.2, -0.15) is 0 Å². The van der Waals surface area contributed by atoms with E-state index in [1.807, 2.05) is 32.0 Å². The van der Waals surface area contributed by atoms with Crippen LogP contribution in [0.15, 0.2) is 27.9 Å². The van der Waals surface area contributed by atoms with Gasteiger partial charge in [0.2, 0.25) is 5.13 Å². The molecule has 10 heteroatoms. The third kappa shape index (κ3) is 4.28. The Morgan fingerprint density at radius 1 is 1.25 bits per heavy atom. The van der Waals surface area contributed by atoms with Crippen LogP contribution >= 0.6 is 34.4 Å². The zero-order chi connectivity index (χ0) is 16.9. The fraction of sp³-hybridized carbons (Fsp3) is 0.214. The van der Waals surface area contributed by atoms with Crippen LogP contribution in [-0.2, 0) is 0 Å². The summed E-state index contributed by atoms with van der Waals surface area (Å²) in [5, 5.41) is 16.5. The quantitative estimate of drug-likeness (QED) is 0.498. The average molecular weight is 379 g/mol. The molecule has 2 N–H and O–H groups in total. The van der Waals surface area contributed by atoms with E-state index < -0.39 is 0 Å². The van der Waals surface area contributed by atoms with Gasteiger partial charge in [0.25, 0.3) is 5.91 Å². The summed E-state index contributed by atoms with van der Waals surface area (Å²) in [5.41, 5.74) is 1.24. The van der Waals surface area contributed by atoms with Gasteiger partial charge in [-0.25, -0.2) is 9.97 Å². The Labute approximate surface area is 151 Å². The van der Waals surface area contributed by atoms with Crippen LogP contribution in [0.25, 0.3) is 0 Å². The lowest BCUT2D eigenvalue weighted by Crippen LogP contribution is -2.12. The van der Waals surface area contributed by atoms with Crippen LogP contribution in [-0.4, -0.2) is 31.8 Å². The van der Waals surface area contributed by atoms with Crippen LogP contribution in [0.4, 0.5) is 16.1 Å². The van der Waals surface area contributed by atoms with Crippen molar-refractivity contribution in [3.8, 4) is 0 Å². The molecule has 0 unspecified atom stereocenters. The molecule has 0 aliphatic rings. The number of nitrogens with zero attached hydrogens (tertiary/aromatic N) is 4. The number of carbonyl (C=O) groups excluding carboxylic acids is 1. The normalized spacial score (nSPS) is 10.6. The smallest absolute Gasteiger partial charge is 0.277 e. The Morgan fingerprint density at radius 3 is 2.92 bits per heavy atom. The van der Waals surface area contributed by atoms with E-state index in [9.17, 15) is 4.79 Å². The van der Waals surface area contributed by atoms with E-state index in [-0.39, 0.29) is 5.91 Å². The van der Waals surface area contributed by atoms with Crippen molar-refractivity contribution in [3.63, 3.8) is 0 Å². The molecule has 3 aromatic rings. The Bertz CT molecular complexity index is 846. The maximum atomic E-state index is 12.2. The lowest BCUT2D eigenvalue weighted by atomic mass is 10.4. The van der Waals surface area contributed by atoms with Crippen LogP contribution in [0.2, 0.25) is 0 Å². The number of aryl methyl sites for hydroxylation is 1. The van der Waals surface area contributed by atoms with Gasteiger partial charge in [-0.05, 0) is 24.8 Å². The minimum absolute atomic E-state index is 0.305. The molecular formula is C14H14N6OS3. The largest absolute Gasteiger partial charge is 0.316 e. The van der Waals surface area contributed by atoms with E-state index in [0.29, 0.717) is 21.8 Å². The monoisotopic (exact) mass is 378 g/mol. The summed E-state index contributed by atoms with van der Waals surface area (Å²) in [6.07, 6.45) is 0. The van der Waals surface area contributed by atoms with E-state index in [1.165, 1.54) is 22.7 Å². The van der Waals surface area contributed by atoms with Crippen LogP contribution in [0.5, 0.6) is 0 Å². The van der Waals surface area contributed by atoms with E-state index in [1.54, 1.807) is 17.1 Å². The molecule has 3 rings (SSSR count). The molecule has 0 radical (unpaired) electrons. The van der Waals surface area contributed by atoms with E-state index in [0.717, 1.165) is 15.8 Å². The van der Waals surface area contributed by atoms with Gasteiger partial charge in [-0.15, -0.1) is 21.5 Å². The van der Waals surface area contributed by atoms with Gasteiger partial charge in [0.1, 0.15) is 11.5 Å². The summed E-state index contributed by atoms with van der Waals surface area (Å²) in [6.45, 7) is 3.95. The summed E-state index contributed by atoms with van der Waals surface area (Å²) in [5.74, 6) is 1.30. The average Bonchev–Trinajstić information content (AvgIpc) is 3.17. The number of hydrogen-bond donors (Lipinski definition) is 2. The van der Waals surface area contributed by atoms with Crippen LogP contribution < -0.4 is 10.6 Å². The maximum Gasteiger partial charge on any atom is 0.277 e. The number of pyridine rings is 1. The minimum Gasteiger partial charge on any atom is -0.316 e. The number of carbonyl (C=O) groups is 1. The summed E-state index contributed by atoms with van der Waals surface area (Å²) >= 11 is 4.28. The molecule has 0 spiro atoms. The lowest BCUT2D eigenvalue weighted by molar-refractivity contribution is 0.102. The highest BCUT2D eigenvalue weighted by Gasteiger charge is 2.14. The van der Waals surface area contributed by atoms with Crippen molar-refractivity contribution in [2.24, 2.45) is 0 Å². The van der Waals surface area contributed by atoms with Gasteiger partial charge in [-0.3, -0.25) is 10.1 Å². The minimum atomic E-state index is -0.305. The summed E-state index contributed by atoms with van der Waals surface area (Å²) < 4.78 is 0.832. The molecule has 0 atom stereocenters. The first-order valence-corrected chi connectivity index (χ1v) is 9.76. The van der Waals surface area contributed by atoms with Gasteiger partial charge in [0.15, 0.2) is 9.47 Å². The number of rotatable bonds is 6. The molecule has 0 bridgehead atoms. The predicted molar refractivity (Wildman–Crippen MR) is 98.6 cm³/mol. The van der Waals surface area contributed by atoms with Crippen LogP contribution in [0.1, 0.15) is 23.1 Å². The van der Waals surface area contributed by atoms with E-state index in [2.05, 4.69) is 30.8 Å². The van der Waals surface area contributed by atoms with Crippen molar-refractivity contribution in [3.05, 3.63) is 35.0 Å². The zero-order valence-electron chi connectivity index (χ0n) is 12.9. The molecule has 0 saturated heterocycles. The highest BCUT2D eigenvalue weighted by molar-refractivity contribution is 8.01. The molecular weight excluding hydrogens is 364 g/mol. The summed E-state index contributed by atoms with van der Waals surface area (Å²) in [4.78, 5) is 20.9. The molecule has 3 aromatic heterocycles. The number of anilines is 3. The van der Waals surface area contributed by atoms with Crippen LogP contribution in [0, 0.1) is 6.92 Å². The van der Waals surface area contributed by atoms with E-state index >= 15 is 0 Å². The van der Waals surface area contributed by atoms with Crippen molar-refractivity contribution in [1.82, 2.24) is 20.2 Å². The molecule has 0 aliphatic heterocycles. The molecule has 7 nitrogen and oxygen atoms in total. The first-order chi connectivity index (χ1) is 11.6. The number of nitrogens with one attached hydrogen (secondary N) is 2. The maximum absolute atomic E-state index is 12.2. The second kappa shape index (κ2) is 7.69. The van der Waals surface area contributed by atoms with Gasteiger partial charge < -0.3 is 5.32 Å². The standard InChI is InChI=1S/C14H14N6OS3/c1-3-22-14-20-19-13(24-14)18-11(21)9-7-23-12(16-9)17-10-6-4-5-8(2)15-10/h4-7H,3H2,1-2H3,(H,15,16,17)(H,18,19,21). The van der Waals surface area contributed by atoms with Crippen molar-refractivity contribution in [2.45, 2.75) is 18.2 Å². The molecule has 0 aromatic carbocycles. The molecule has 1 amide bonds. The topological polar surface area (TPSA) is 92.7 Å². The Hall–Kier alpha value is -2.04. The first-order valence-electron chi connectivity index (χ1n) is 7.08. The molecule has 0 saturated carbocycles. The van der Waals surface area contributed by atoms with Gasteiger partial charge in [0.05, 0.1) is 0 Å². The van der Waals surface area contributed by atoms with Gasteiger partial charge in [0, 0.05) is 11.1 Å². The molecule has 0 aliphatic carbocycles. The summed E-state index contributed by atoms with van der Waals surface area (Å²) in [7, 11) is 0. The van der Waals surface area contributed by atoms with Gasteiger partial charge in [-0.1, -0.05) is 36.1 Å². The summed E-state index contributed by atoms with van der Waals surface area (Å²) in [6, 6.07) is 5.68. The van der Waals surface area contributed by atoms with Crippen molar-refractivity contribution in [2.75, 3.05) is 16.4 Å². The molecule has 24 heavy (non-hydrogen) atoms. The third-order valence-corrected chi connectivity index (χ3v) is 5.37. The van der Waals surface area contributed by atoms with Crippen molar-refractivity contribution in [1.29, 1.82) is 0 Å². The number of amides is 1. The Balaban J connectivity index is 1.64. The SMILES string of the molecule is CCSc1nnc(NC(=O)c2csc(Nc3cccc(C)n3)n2)s1. The predicted octanol–water partition coefficient (Wildman–Crippen LogP) is 3.81. The van der Waals surface area contributed by atoms with Gasteiger partial charge >= 0.3 is 0 Å². The number of thiazole rings is 1. The lowest BCUT2D eigenvalue weighted by Gasteiger charge is -2.01. The third-order valence-electron chi connectivity index (χ3n) is 2.75. The van der Waals surface area contributed by atoms with Crippen molar-refractivity contribution >= 4 is 56.4 Å². The zero-order valence-corrected chi connectivity index (χ0v) is 15.4. The number of hydrogen-bond acceptors (Lipinski definition) is 9. The first kappa shape index (κ1) is 16.8. The van der Waals surface area contributed by atoms with Crippen molar-refractivity contribution < 1.29 is 4.79 Å². The Morgan fingerprint density at radius 2 is 2.12 bits per heavy atom. The van der Waals surface area contributed by atoms with E-state index in [4.69, 9.17) is 0 Å². The second-order valence-electron chi connectivity index (χ2n) is 4.59. The highest BCUT2D eigenvalue weighted by atomic mass is 32.2. The molecule has 124 valence electrons. The van der Waals surface area contributed by atoms with Crippen LogP contribution in [0.3, 0.4) is 0 Å².